The van der Waals surface area contributed by atoms with Crippen molar-refractivity contribution in [1.82, 2.24) is 15.3 Å². The van der Waals surface area contributed by atoms with E-state index in [1.54, 1.807) is 19.3 Å². The standard InChI is InChI=1S/C10H16N4O/c1-8(10(15)13-11)14(2)7-9-4-3-5-12-6-9/h3-6,8H,7,11H2,1-2H3,(H,13,15). The molecule has 0 saturated carbocycles. The molecule has 1 unspecified atom stereocenters. The van der Waals surface area contributed by atoms with Crippen molar-refractivity contribution in [3.63, 3.8) is 0 Å². The summed E-state index contributed by atoms with van der Waals surface area (Å²) >= 11 is 0. The monoisotopic (exact) mass is 208 g/mol. The Bertz CT molecular complexity index is 314. The van der Waals surface area contributed by atoms with Crippen LogP contribution >= 0.6 is 0 Å². The van der Waals surface area contributed by atoms with Gasteiger partial charge in [0.2, 0.25) is 0 Å². The molecule has 0 aromatic carbocycles. The minimum absolute atomic E-state index is 0.193. The molecule has 1 aromatic heterocycles. The van der Waals surface area contributed by atoms with E-state index >= 15 is 0 Å². The van der Waals surface area contributed by atoms with Crippen LogP contribution in [0, 0.1) is 0 Å². The SMILES string of the molecule is CC(C(=O)NN)N(C)Cc1cccnc1. The third kappa shape index (κ3) is 3.30. The molecule has 5 heteroatoms. The summed E-state index contributed by atoms with van der Waals surface area (Å²) in [7, 11) is 1.87. The van der Waals surface area contributed by atoms with Gasteiger partial charge in [0.25, 0.3) is 5.91 Å². The number of hydrogen-bond donors (Lipinski definition) is 2. The van der Waals surface area contributed by atoms with Crippen molar-refractivity contribution < 1.29 is 4.79 Å². The molecule has 15 heavy (non-hydrogen) atoms. The van der Waals surface area contributed by atoms with E-state index in [1.807, 2.05) is 24.1 Å². The van der Waals surface area contributed by atoms with Gasteiger partial charge in [0.1, 0.15) is 0 Å². The molecule has 82 valence electrons. The van der Waals surface area contributed by atoms with E-state index in [1.165, 1.54) is 0 Å². The quantitative estimate of drug-likeness (QED) is 0.411. The van der Waals surface area contributed by atoms with E-state index in [-0.39, 0.29) is 11.9 Å². The molecule has 1 heterocycles. The smallest absolute Gasteiger partial charge is 0.250 e. The summed E-state index contributed by atoms with van der Waals surface area (Å²) < 4.78 is 0. The molecular weight excluding hydrogens is 192 g/mol. The molecule has 1 atom stereocenters. The first-order valence-electron chi connectivity index (χ1n) is 4.74. The van der Waals surface area contributed by atoms with Crippen LogP contribution in [0.3, 0.4) is 0 Å². The number of nitrogens with zero attached hydrogens (tertiary/aromatic N) is 2. The topological polar surface area (TPSA) is 71.2 Å². The highest BCUT2D eigenvalue weighted by molar-refractivity contribution is 5.80. The van der Waals surface area contributed by atoms with Crippen molar-refractivity contribution in [2.75, 3.05) is 7.05 Å². The number of hydrogen-bond acceptors (Lipinski definition) is 4. The molecule has 1 aromatic rings. The number of amides is 1. The lowest BCUT2D eigenvalue weighted by molar-refractivity contribution is -0.125. The van der Waals surface area contributed by atoms with E-state index in [0.29, 0.717) is 6.54 Å². The molecule has 0 bridgehead atoms. The lowest BCUT2D eigenvalue weighted by Gasteiger charge is -2.22. The number of rotatable bonds is 4. The zero-order valence-electron chi connectivity index (χ0n) is 8.97. The average molecular weight is 208 g/mol. The van der Waals surface area contributed by atoms with Crippen LogP contribution in [0.5, 0.6) is 0 Å². The Hall–Kier alpha value is -1.46. The number of hydrazine groups is 1. The average Bonchev–Trinajstić information content (AvgIpc) is 2.28. The second-order valence-electron chi connectivity index (χ2n) is 3.46. The molecule has 1 rings (SSSR count). The molecular formula is C10H16N4O. The van der Waals surface area contributed by atoms with Gasteiger partial charge in [-0.1, -0.05) is 6.07 Å². The molecule has 0 saturated heterocycles. The molecule has 0 aliphatic carbocycles. The highest BCUT2D eigenvalue weighted by Crippen LogP contribution is 2.04. The van der Waals surface area contributed by atoms with E-state index in [9.17, 15) is 4.79 Å². The number of nitrogens with two attached hydrogens (primary N) is 1. The van der Waals surface area contributed by atoms with Crippen molar-refractivity contribution in [3.8, 4) is 0 Å². The Morgan fingerprint density at radius 2 is 2.47 bits per heavy atom. The molecule has 5 nitrogen and oxygen atoms in total. The second-order valence-corrected chi connectivity index (χ2v) is 3.46. The van der Waals surface area contributed by atoms with Crippen LogP contribution in [0.25, 0.3) is 0 Å². The van der Waals surface area contributed by atoms with Gasteiger partial charge >= 0.3 is 0 Å². The van der Waals surface area contributed by atoms with Gasteiger partial charge in [-0.3, -0.25) is 20.1 Å². The highest BCUT2D eigenvalue weighted by Gasteiger charge is 2.16. The van der Waals surface area contributed by atoms with Gasteiger partial charge in [0.05, 0.1) is 6.04 Å². The maximum absolute atomic E-state index is 11.3. The zero-order valence-corrected chi connectivity index (χ0v) is 8.97. The highest BCUT2D eigenvalue weighted by atomic mass is 16.2. The van der Waals surface area contributed by atoms with Crippen LogP contribution in [-0.2, 0) is 11.3 Å². The Labute approximate surface area is 89.3 Å². The van der Waals surface area contributed by atoms with Gasteiger partial charge in [0.15, 0.2) is 0 Å². The Balaban J connectivity index is 2.56. The molecule has 0 aliphatic heterocycles. The predicted molar refractivity (Wildman–Crippen MR) is 57.5 cm³/mol. The summed E-state index contributed by atoms with van der Waals surface area (Å²) in [6.07, 6.45) is 3.50. The number of likely N-dealkylation sites (N-methyl/N-ethyl adjacent to an activating group) is 1. The number of carbonyl (C=O) groups is 1. The summed E-state index contributed by atoms with van der Waals surface area (Å²) in [5.74, 6) is 4.87. The minimum atomic E-state index is -0.254. The van der Waals surface area contributed by atoms with E-state index < -0.39 is 0 Å². The van der Waals surface area contributed by atoms with Gasteiger partial charge < -0.3 is 0 Å². The van der Waals surface area contributed by atoms with Crippen LogP contribution in [0.4, 0.5) is 0 Å². The summed E-state index contributed by atoms with van der Waals surface area (Å²) in [4.78, 5) is 17.2. The van der Waals surface area contributed by atoms with Gasteiger partial charge in [0, 0.05) is 18.9 Å². The first-order chi connectivity index (χ1) is 7.15. The van der Waals surface area contributed by atoms with Crippen LogP contribution < -0.4 is 11.3 Å². The van der Waals surface area contributed by atoms with Crippen LogP contribution in [0.15, 0.2) is 24.5 Å². The van der Waals surface area contributed by atoms with Crippen molar-refractivity contribution in [3.05, 3.63) is 30.1 Å². The van der Waals surface area contributed by atoms with Gasteiger partial charge in [-0.05, 0) is 25.6 Å². The predicted octanol–water partition coefficient (Wildman–Crippen LogP) is -0.108. The molecule has 0 radical (unpaired) electrons. The first-order valence-corrected chi connectivity index (χ1v) is 4.74. The Morgan fingerprint density at radius 3 is 3.00 bits per heavy atom. The largest absolute Gasteiger partial charge is 0.293 e. The first kappa shape index (κ1) is 11.6. The number of aromatic nitrogens is 1. The molecule has 0 fully saturated rings. The lowest BCUT2D eigenvalue weighted by atomic mass is 10.2. The van der Waals surface area contributed by atoms with Crippen molar-refractivity contribution in [1.29, 1.82) is 0 Å². The molecule has 0 spiro atoms. The molecule has 1 amide bonds. The van der Waals surface area contributed by atoms with Crippen molar-refractivity contribution in [2.45, 2.75) is 19.5 Å². The number of pyridine rings is 1. The van der Waals surface area contributed by atoms with Crippen LogP contribution in [-0.4, -0.2) is 28.9 Å². The third-order valence-electron chi connectivity index (χ3n) is 2.34. The van der Waals surface area contributed by atoms with Crippen LogP contribution in [0.2, 0.25) is 0 Å². The normalized spacial score (nSPS) is 12.5. The Kier molecular flexibility index (Phi) is 4.20. The summed E-state index contributed by atoms with van der Waals surface area (Å²) in [6.45, 7) is 2.47. The Morgan fingerprint density at radius 1 is 1.73 bits per heavy atom. The second kappa shape index (κ2) is 5.43. The summed E-state index contributed by atoms with van der Waals surface area (Å²) in [5.41, 5.74) is 3.20. The van der Waals surface area contributed by atoms with E-state index in [2.05, 4.69) is 10.4 Å². The maximum atomic E-state index is 11.3. The van der Waals surface area contributed by atoms with Crippen molar-refractivity contribution in [2.24, 2.45) is 5.84 Å². The fourth-order valence-corrected chi connectivity index (χ4v) is 1.24. The van der Waals surface area contributed by atoms with Gasteiger partial charge in [-0.2, -0.15) is 0 Å². The van der Waals surface area contributed by atoms with Gasteiger partial charge in [-0.25, -0.2) is 5.84 Å². The molecule has 0 aliphatic rings. The molecule has 3 N–H and O–H groups in total. The number of carbonyl (C=O) groups excluding carboxylic acids is 1. The van der Waals surface area contributed by atoms with Gasteiger partial charge in [-0.15, -0.1) is 0 Å². The maximum Gasteiger partial charge on any atom is 0.250 e. The summed E-state index contributed by atoms with van der Waals surface area (Å²) in [6, 6.07) is 3.59. The van der Waals surface area contributed by atoms with Crippen LogP contribution in [0.1, 0.15) is 12.5 Å². The summed E-state index contributed by atoms with van der Waals surface area (Å²) in [5, 5.41) is 0. The van der Waals surface area contributed by atoms with E-state index in [4.69, 9.17) is 5.84 Å². The lowest BCUT2D eigenvalue weighted by Crippen LogP contribution is -2.45. The van der Waals surface area contributed by atoms with E-state index in [0.717, 1.165) is 5.56 Å². The fourth-order valence-electron chi connectivity index (χ4n) is 1.24. The zero-order chi connectivity index (χ0) is 11.3. The fraction of sp³-hybridized carbons (Fsp3) is 0.400. The van der Waals surface area contributed by atoms with Crippen molar-refractivity contribution >= 4 is 5.91 Å². The minimum Gasteiger partial charge on any atom is -0.293 e. The number of nitrogens with one attached hydrogen (secondary N) is 1. The third-order valence-corrected chi connectivity index (χ3v) is 2.34.